The van der Waals surface area contributed by atoms with Crippen molar-refractivity contribution in [2.75, 3.05) is 20.2 Å². The van der Waals surface area contributed by atoms with Crippen molar-refractivity contribution in [2.24, 2.45) is 5.92 Å². The molecule has 0 spiro atoms. The summed E-state index contributed by atoms with van der Waals surface area (Å²) >= 11 is 1.21. The number of aryl methyl sites for hydroxylation is 2. The van der Waals surface area contributed by atoms with E-state index in [4.69, 9.17) is 4.74 Å². The molecule has 186 valence electrons. The molecule has 0 fully saturated rings. The maximum Gasteiger partial charge on any atom is 0.253 e. The molecule has 1 atom stereocenters. The van der Waals surface area contributed by atoms with Gasteiger partial charge in [0.05, 0.1) is 18.3 Å². The quantitative estimate of drug-likeness (QED) is 0.373. The molecule has 0 bridgehead atoms. The summed E-state index contributed by atoms with van der Waals surface area (Å²) < 4.78 is 14.4. The number of ether oxygens (including phenoxy) is 1. The van der Waals surface area contributed by atoms with Gasteiger partial charge in [0, 0.05) is 19.2 Å². The van der Waals surface area contributed by atoms with Crippen LogP contribution in [0.2, 0.25) is 0 Å². The topological polar surface area (TPSA) is 38.3 Å². The van der Waals surface area contributed by atoms with Crippen LogP contribution in [-0.4, -0.2) is 33.8 Å². The fourth-order valence-corrected chi connectivity index (χ4v) is 5.54. The molecular weight excluding hydrogens is 462 g/mol. The van der Waals surface area contributed by atoms with Gasteiger partial charge in [-0.2, -0.15) is 4.37 Å². The molecule has 3 aromatic rings. The number of nitrogens with zero attached hydrogens (tertiary/aromatic N) is 3. The van der Waals surface area contributed by atoms with E-state index >= 15 is 0 Å². The van der Waals surface area contributed by atoms with Crippen molar-refractivity contribution in [3.05, 3.63) is 88.8 Å². The number of aromatic nitrogens is 2. The number of hydrogen-bond donors (Lipinski definition) is 0. The van der Waals surface area contributed by atoms with E-state index in [0.29, 0.717) is 18.4 Å². The van der Waals surface area contributed by atoms with E-state index in [-0.39, 0.29) is 0 Å². The predicted octanol–water partition coefficient (Wildman–Crippen LogP) is 7.22. The molecule has 1 aromatic heterocycles. The first-order valence-electron chi connectivity index (χ1n) is 13.1. The lowest BCUT2D eigenvalue weighted by atomic mass is 9.80. The minimum Gasteiger partial charge on any atom is -0.475 e. The largest absolute Gasteiger partial charge is 0.475 e. The van der Waals surface area contributed by atoms with Crippen molar-refractivity contribution >= 4 is 23.4 Å². The van der Waals surface area contributed by atoms with E-state index in [1.165, 1.54) is 65.2 Å². The van der Waals surface area contributed by atoms with Crippen LogP contribution in [-0.2, 0) is 19.3 Å². The Morgan fingerprint density at radius 2 is 1.92 bits per heavy atom. The second-order valence-electron chi connectivity index (χ2n) is 9.95. The summed E-state index contributed by atoms with van der Waals surface area (Å²) in [4.78, 5) is 2.12. The summed E-state index contributed by atoms with van der Waals surface area (Å²) in [5.41, 5.74) is 11.1. The van der Waals surface area contributed by atoms with E-state index in [2.05, 4.69) is 82.1 Å². The molecule has 2 aliphatic carbocycles. The Balaban J connectivity index is 0.000000148. The maximum absolute atomic E-state index is 5.77. The van der Waals surface area contributed by atoms with Crippen LogP contribution in [0.1, 0.15) is 54.6 Å². The lowest BCUT2D eigenvalue weighted by Gasteiger charge is -2.24. The van der Waals surface area contributed by atoms with E-state index < -0.39 is 0 Å². The summed E-state index contributed by atoms with van der Waals surface area (Å²) in [6.07, 6.45) is 16.7. The van der Waals surface area contributed by atoms with Gasteiger partial charge in [-0.1, -0.05) is 74.9 Å². The summed E-state index contributed by atoms with van der Waals surface area (Å²) in [6, 6.07) is 13.5. The second-order valence-corrected chi connectivity index (χ2v) is 10.5. The smallest absolute Gasteiger partial charge is 0.253 e. The van der Waals surface area contributed by atoms with Crippen LogP contribution < -0.4 is 4.74 Å². The number of rotatable bonds is 5. The first-order chi connectivity index (χ1) is 17.6. The molecule has 0 saturated carbocycles. The molecule has 0 N–H and O–H groups in total. The first-order valence-corrected chi connectivity index (χ1v) is 13.8. The third-order valence-electron chi connectivity index (χ3n) is 7.29. The summed E-state index contributed by atoms with van der Waals surface area (Å²) in [7, 11) is 2.04. The molecule has 0 amide bonds. The van der Waals surface area contributed by atoms with Crippen LogP contribution in [0.4, 0.5) is 0 Å². The molecule has 1 aliphatic heterocycles. The van der Waals surface area contributed by atoms with Gasteiger partial charge in [0.2, 0.25) is 0 Å². The Morgan fingerprint density at radius 1 is 1.03 bits per heavy atom. The molecule has 36 heavy (non-hydrogen) atoms. The Kier molecular flexibility index (Phi) is 7.66. The highest BCUT2D eigenvalue weighted by Crippen LogP contribution is 2.38. The second kappa shape index (κ2) is 11.3. The minimum absolute atomic E-state index is 0.544. The molecule has 3 aliphatic rings. The summed E-state index contributed by atoms with van der Waals surface area (Å²) in [6.45, 7) is 5.89. The maximum atomic E-state index is 5.77. The highest BCUT2D eigenvalue weighted by Gasteiger charge is 2.20. The molecule has 1 unspecified atom stereocenters. The molecule has 5 heteroatoms. The number of likely N-dealkylation sites (N-methyl/N-ethyl adjacent to an activating group) is 1. The Morgan fingerprint density at radius 3 is 2.78 bits per heavy atom. The van der Waals surface area contributed by atoms with Gasteiger partial charge >= 0.3 is 0 Å². The van der Waals surface area contributed by atoms with Crippen molar-refractivity contribution in [3.8, 4) is 17.0 Å². The monoisotopic (exact) mass is 497 g/mol. The van der Waals surface area contributed by atoms with Crippen LogP contribution >= 0.6 is 11.7 Å². The standard InChI is InChI=1S/C18H16.C13H19N3OS/c1-3-7-15-13(5-1)9-11-18-16-8-4-2-6-14(16)10-12-17(15)18;1-4-10(2)9-17-13-12(14-18-15-13)11-6-5-7-16(3)8-11/h1,3-5,7-8,10,12H,2,6,9,11H2;5-7,10H,4,8-9H2,1-3H3. The van der Waals surface area contributed by atoms with Crippen molar-refractivity contribution < 1.29 is 4.74 Å². The van der Waals surface area contributed by atoms with Gasteiger partial charge in [-0.05, 0) is 77.3 Å². The van der Waals surface area contributed by atoms with Crippen LogP contribution in [0.3, 0.4) is 0 Å². The van der Waals surface area contributed by atoms with Gasteiger partial charge in [0.15, 0.2) is 0 Å². The minimum atomic E-state index is 0.544. The third-order valence-corrected chi connectivity index (χ3v) is 7.80. The summed E-state index contributed by atoms with van der Waals surface area (Å²) in [5, 5.41) is 0. The molecule has 6 rings (SSSR count). The van der Waals surface area contributed by atoms with Crippen molar-refractivity contribution in [3.63, 3.8) is 0 Å². The number of fused-ring (bicyclic) bond motifs is 5. The van der Waals surface area contributed by atoms with Gasteiger partial charge in [-0.25, -0.2) is 0 Å². The zero-order chi connectivity index (χ0) is 24.9. The highest BCUT2D eigenvalue weighted by atomic mass is 32.1. The van der Waals surface area contributed by atoms with Crippen molar-refractivity contribution in [1.82, 2.24) is 13.6 Å². The predicted molar refractivity (Wildman–Crippen MR) is 151 cm³/mol. The van der Waals surface area contributed by atoms with Gasteiger partial charge in [0.25, 0.3) is 5.88 Å². The van der Waals surface area contributed by atoms with Crippen molar-refractivity contribution in [2.45, 2.75) is 46.0 Å². The molecular formula is C31H35N3OS. The van der Waals surface area contributed by atoms with Crippen LogP contribution in [0, 0.1) is 5.92 Å². The Bertz CT molecular complexity index is 1300. The van der Waals surface area contributed by atoms with Crippen molar-refractivity contribution in [1.29, 1.82) is 0 Å². The van der Waals surface area contributed by atoms with Gasteiger partial charge in [0.1, 0.15) is 5.69 Å². The zero-order valence-corrected chi connectivity index (χ0v) is 22.4. The van der Waals surface area contributed by atoms with Crippen LogP contribution in [0.5, 0.6) is 5.88 Å². The van der Waals surface area contributed by atoms with Crippen LogP contribution in [0.25, 0.3) is 22.8 Å². The SMILES string of the molecule is C1=Cc2c(ccc3c2CCc2ccccc2-3)CC1.CCC(C)COc1nsnc1C1=CC=CN(C)C1. The van der Waals surface area contributed by atoms with Gasteiger partial charge in [-0.15, -0.1) is 4.37 Å². The Labute approximate surface area is 219 Å². The third kappa shape index (κ3) is 5.31. The average molecular weight is 498 g/mol. The molecule has 2 heterocycles. The number of benzene rings is 2. The first kappa shape index (κ1) is 24.5. The lowest BCUT2D eigenvalue weighted by molar-refractivity contribution is 0.249. The molecule has 0 saturated heterocycles. The fraction of sp³-hybridized carbons (Fsp3) is 0.355. The van der Waals surface area contributed by atoms with E-state index in [0.717, 1.165) is 24.2 Å². The molecule has 2 aromatic carbocycles. The fourth-order valence-electron chi connectivity index (χ4n) is 5.01. The zero-order valence-electron chi connectivity index (χ0n) is 21.5. The van der Waals surface area contributed by atoms with Crippen LogP contribution in [0.15, 0.2) is 60.8 Å². The summed E-state index contributed by atoms with van der Waals surface area (Å²) in [5.74, 6) is 1.22. The molecule has 4 nitrogen and oxygen atoms in total. The molecule has 0 radical (unpaired) electrons. The highest BCUT2D eigenvalue weighted by molar-refractivity contribution is 6.99. The van der Waals surface area contributed by atoms with Gasteiger partial charge < -0.3 is 9.64 Å². The normalized spacial score (nSPS) is 16.2. The van der Waals surface area contributed by atoms with E-state index in [1.54, 1.807) is 5.56 Å². The van der Waals surface area contributed by atoms with E-state index in [9.17, 15) is 0 Å². The van der Waals surface area contributed by atoms with E-state index in [1.807, 2.05) is 19.3 Å². The Hall–Kier alpha value is -3.18. The average Bonchev–Trinajstić information content (AvgIpc) is 3.40. The number of hydrogen-bond acceptors (Lipinski definition) is 5. The lowest BCUT2D eigenvalue weighted by Crippen LogP contribution is -2.17. The number of allylic oxidation sites excluding steroid dienone is 3. The van der Waals surface area contributed by atoms with Gasteiger partial charge in [-0.3, -0.25) is 0 Å².